The van der Waals surface area contributed by atoms with E-state index in [1.807, 2.05) is 4.90 Å². The van der Waals surface area contributed by atoms with E-state index in [0.29, 0.717) is 6.54 Å². The van der Waals surface area contributed by atoms with Crippen LogP contribution in [0.3, 0.4) is 0 Å². The van der Waals surface area contributed by atoms with E-state index < -0.39 is 0 Å². The number of rotatable bonds is 8. The molecule has 0 aromatic heterocycles. The lowest BCUT2D eigenvalue weighted by Gasteiger charge is -2.14. The first-order valence-corrected chi connectivity index (χ1v) is 5.49. The van der Waals surface area contributed by atoms with Crippen LogP contribution >= 0.6 is 0 Å². The van der Waals surface area contributed by atoms with Gasteiger partial charge in [-0.2, -0.15) is 0 Å². The van der Waals surface area contributed by atoms with Crippen LogP contribution in [0.25, 0.3) is 0 Å². The van der Waals surface area contributed by atoms with Crippen molar-refractivity contribution in [1.82, 2.24) is 20.9 Å². The van der Waals surface area contributed by atoms with Gasteiger partial charge in [-0.3, -0.25) is 0 Å². The maximum atomic E-state index is 11.1. The van der Waals surface area contributed by atoms with E-state index in [9.17, 15) is 4.79 Å². The smallest absolute Gasteiger partial charge is 0.317 e. The fourth-order valence-electron chi connectivity index (χ4n) is 1.47. The van der Waals surface area contributed by atoms with E-state index in [0.717, 1.165) is 45.8 Å². The van der Waals surface area contributed by atoms with Gasteiger partial charge < -0.3 is 26.6 Å². The minimum Gasteiger partial charge on any atom is -0.336 e. The minimum absolute atomic E-state index is 0.0538. The Morgan fingerprint density at radius 1 is 1.27 bits per heavy atom. The van der Waals surface area contributed by atoms with Crippen molar-refractivity contribution in [3.8, 4) is 0 Å². The molecule has 0 aromatic rings. The third-order valence-corrected chi connectivity index (χ3v) is 2.30. The van der Waals surface area contributed by atoms with Crippen molar-refractivity contribution in [2.24, 2.45) is 5.73 Å². The molecule has 0 atom stereocenters. The molecule has 6 heteroatoms. The normalized spacial score (nSPS) is 15.8. The van der Waals surface area contributed by atoms with E-state index in [4.69, 9.17) is 5.73 Å². The number of carbonyl (C=O) groups is 1. The Hall–Kier alpha value is -0.850. The summed E-state index contributed by atoms with van der Waals surface area (Å²) < 4.78 is 0. The summed E-state index contributed by atoms with van der Waals surface area (Å²) in [4.78, 5) is 13.0. The predicted molar refractivity (Wildman–Crippen MR) is 59.8 cm³/mol. The second-order valence-electron chi connectivity index (χ2n) is 3.51. The molecule has 0 spiro atoms. The molecule has 0 aromatic carbocycles. The quantitative estimate of drug-likeness (QED) is 0.358. The van der Waals surface area contributed by atoms with Crippen molar-refractivity contribution in [3.63, 3.8) is 0 Å². The molecule has 0 unspecified atom stereocenters. The fraction of sp³-hybridized carbons (Fsp3) is 0.889. The van der Waals surface area contributed by atoms with Gasteiger partial charge in [-0.05, 0) is 0 Å². The van der Waals surface area contributed by atoms with Crippen LogP contribution in [0.5, 0.6) is 0 Å². The molecule has 0 saturated carbocycles. The Morgan fingerprint density at radius 3 is 2.60 bits per heavy atom. The summed E-state index contributed by atoms with van der Waals surface area (Å²) in [7, 11) is 0. The molecule has 1 aliphatic rings. The summed E-state index contributed by atoms with van der Waals surface area (Å²) in [5, 5.41) is 9.23. The average molecular weight is 215 g/mol. The largest absolute Gasteiger partial charge is 0.336 e. The van der Waals surface area contributed by atoms with Crippen molar-refractivity contribution in [2.45, 2.75) is 0 Å². The van der Waals surface area contributed by atoms with Gasteiger partial charge in [0.05, 0.1) is 0 Å². The molecule has 2 amide bonds. The van der Waals surface area contributed by atoms with Crippen molar-refractivity contribution in [3.05, 3.63) is 0 Å². The molecule has 5 N–H and O–H groups in total. The average Bonchev–Trinajstić information content (AvgIpc) is 2.63. The van der Waals surface area contributed by atoms with Crippen LogP contribution in [-0.2, 0) is 0 Å². The highest BCUT2D eigenvalue weighted by Gasteiger charge is 2.17. The summed E-state index contributed by atoms with van der Waals surface area (Å²) in [5.74, 6) is 0. The summed E-state index contributed by atoms with van der Waals surface area (Å²) >= 11 is 0. The molecule has 1 fully saturated rings. The van der Waals surface area contributed by atoms with E-state index in [-0.39, 0.29) is 6.03 Å². The second kappa shape index (κ2) is 7.44. The molecule has 15 heavy (non-hydrogen) atoms. The highest BCUT2D eigenvalue weighted by atomic mass is 16.2. The fourth-order valence-corrected chi connectivity index (χ4v) is 1.47. The van der Waals surface area contributed by atoms with Crippen LogP contribution in [-0.4, -0.2) is 63.3 Å². The van der Waals surface area contributed by atoms with Gasteiger partial charge in [0.25, 0.3) is 0 Å². The monoisotopic (exact) mass is 215 g/mol. The van der Waals surface area contributed by atoms with Crippen LogP contribution in [0.15, 0.2) is 0 Å². The van der Waals surface area contributed by atoms with E-state index >= 15 is 0 Å². The molecule has 0 radical (unpaired) electrons. The molecule has 88 valence electrons. The van der Waals surface area contributed by atoms with Crippen molar-refractivity contribution >= 4 is 6.03 Å². The first kappa shape index (κ1) is 12.2. The third kappa shape index (κ3) is 4.96. The Labute approximate surface area is 90.6 Å². The summed E-state index contributed by atoms with van der Waals surface area (Å²) in [6.07, 6.45) is 0. The number of hydrogen-bond acceptors (Lipinski definition) is 4. The lowest BCUT2D eigenvalue weighted by Crippen LogP contribution is -2.37. The van der Waals surface area contributed by atoms with Gasteiger partial charge in [-0.25, -0.2) is 4.79 Å². The molecule has 6 nitrogen and oxygen atoms in total. The predicted octanol–water partition coefficient (Wildman–Crippen LogP) is -1.85. The zero-order valence-electron chi connectivity index (χ0n) is 9.09. The van der Waals surface area contributed by atoms with Gasteiger partial charge in [0.15, 0.2) is 0 Å². The molecule has 1 heterocycles. The SMILES string of the molecule is NCCNCCNCCN1CCNC1=O. The topological polar surface area (TPSA) is 82.4 Å². The van der Waals surface area contributed by atoms with Gasteiger partial charge in [0, 0.05) is 52.4 Å². The van der Waals surface area contributed by atoms with Gasteiger partial charge in [-0.1, -0.05) is 0 Å². The van der Waals surface area contributed by atoms with E-state index in [1.165, 1.54) is 0 Å². The first-order valence-electron chi connectivity index (χ1n) is 5.49. The third-order valence-electron chi connectivity index (χ3n) is 2.30. The van der Waals surface area contributed by atoms with Crippen molar-refractivity contribution in [2.75, 3.05) is 52.4 Å². The highest BCUT2D eigenvalue weighted by Crippen LogP contribution is 1.93. The van der Waals surface area contributed by atoms with Crippen LogP contribution < -0.4 is 21.7 Å². The molecule has 0 bridgehead atoms. The van der Waals surface area contributed by atoms with Gasteiger partial charge in [0.2, 0.25) is 0 Å². The van der Waals surface area contributed by atoms with Crippen LogP contribution in [0.2, 0.25) is 0 Å². The van der Waals surface area contributed by atoms with Crippen molar-refractivity contribution in [1.29, 1.82) is 0 Å². The molecule has 1 rings (SSSR count). The summed E-state index contributed by atoms with van der Waals surface area (Å²) in [5.41, 5.74) is 5.33. The maximum absolute atomic E-state index is 11.1. The van der Waals surface area contributed by atoms with E-state index in [1.54, 1.807) is 0 Å². The van der Waals surface area contributed by atoms with Crippen molar-refractivity contribution < 1.29 is 4.79 Å². The zero-order chi connectivity index (χ0) is 10.9. The molecular formula is C9H21N5O. The number of carbonyl (C=O) groups excluding carboxylic acids is 1. The summed E-state index contributed by atoms with van der Waals surface area (Å²) in [6, 6.07) is 0.0538. The van der Waals surface area contributed by atoms with E-state index in [2.05, 4.69) is 16.0 Å². The first-order chi connectivity index (χ1) is 7.34. The molecule has 0 aliphatic carbocycles. The Balaban J connectivity index is 1.86. The van der Waals surface area contributed by atoms with Gasteiger partial charge in [-0.15, -0.1) is 0 Å². The summed E-state index contributed by atoms with van der Waals surface area (Å²) in [6.45, 7) is 6.59. The number of amides is 2. The zero-order valence-corrected chi connectivity index (χ0v) is 9.09. The van der Waals surface area contributed by atoms with Crippen LogP contribution in [0.1, 0.15) is 0 Å². The number of hydrogen-bond donors (Lipinski definition) is 4. The molecule has 1 saturated heterocycles. The van der Waals surface area contributed by atoms with Crippen LogP contribution in [0.4, 0.5) is 4.79 Å². The van der Waals surface area contributed by atoms with Gasteiger partial charge in [0.1, 0.15) is 0 Å². The molecular weight excluding hydrogens is 194 g/mol. The van der Waals surface area contributed by atoms with Crippen LogP contribution in [0, 0.1) is 0 Å². The number of nitrogens with one attached hydrogen (secondary N) is 3. The Bertz CT molecular complexity index is 187. The number of nitrogens with zero attached hydrogens (tertiary/aromatic N) is 1. The second-order valence-corrected chi connectivity index (χ2v) is 3.51. The standard InChI is InChI=1S/C9H21N5O/c10-1-2-11-3-4-12-5-7-14-8-6-13-9(14)15/h11-12H,1-8,10H2,(H,13,15). The Morgan fingerprint density at radius 2 is 2.00 bits per heavy atom. The minimum atomic E-state index is 0.0538. The Kier molecular flexibility index (Phi) is 6.06. The number of urea groups is 1. The lowest BCUT2D eigenvalue weighted by molar-refractivity contribution is 0.217. The highest BCUT2D eigenvalue weighted by molar-refractivity contribution is 5.76. The number of nitrogens with two attached hydrogens (primary N) is 1. The lowest BCUT2D eigenvalue weighted by atomic mass is 10.5. The maximum Gasteiger partial charge on any atom is 0.317 e. The van der Waals surface area contributed by atoms with Gasteiger partial charge >= 0.3 is 6.03 Å². The molecule has 1 aliphatic heterocycles.